The summed E-state index contributed by atoms with van der Waals surface area (Å²) >= 11 is 10.2. The molecule has 3 atom stereocenters. The molecule has 1 aromatic rings. The van der Waals surface area contributed by atoms with Crippen molar-refractivity contribution >= 4 is 39.0 Å². The Morgan fingerprint density at radius 2 is 1.42 bits per heavy atom. The number of carbonyl (C=O) groups is 1. The van der Waals surface area contributed by atoms with Gasteiger partial charge >= 0.3 is 0 Å². The van der Waals surface area contributed by atoms with Crippen LogP contribution in [0, 0.1) is 23.6 Å². The Labute approximate surface area is 380 Å². The molecule has 0 heterocycles. The van der Waals surface area contributed by atoms with E-state index >= 15 is 4.39 Å². The second-order valence-corrected chi connectivity index (χ2v) is 18.6. The quantitative estimate of drug-likeness (QED) is 0.0576. The number of ketones is 1. The van der Waals surface area contributed by atoms with E-state index < -0.39 is 0 Å². The lowest BCUT2D eigenvalue weighted by atomic mass is 9.72. The highest BCUT2D eigenvalue weighted by Gasteiger charge is 2.37. The fraction of sp³-hybridized carbons (Fsp3) is 0.722. The van der Waals surface area contributed by atoms with Crippen molar-refractivity contribution in [2.75, 3.05) is 0 Å². The molecule has 5 heteroatoms. The van der Waals surface area contributed by atoms with Crippen molar-refractivity contribution in [2.45, 2.75) is 237 Å². The van der Waals surface area contributed by atoms with Gasteiger partial charge in [-0.3, -0.25) is 4.79 Å². The topological polar surface area (TPSA) is 29.1 Å². The van der Waals surface area contributed by atoms with Crippen LogP contribution in [-0.2, 0) is 11.2 Å². The Morgan fingerprint density at radius 1 is 0.881 bits per heavy atom. The molecule has 0 bridgehead atoms. The van der Waals surface area contributed by atoms with Gasteiger partial charge in [-0.2, -0.15) is 0 Å². The molecule has 0 spiro atoms. The number of benzene rings is 1. The summed E-state index contributed by atoms with van der Waals surface area (Å²) < 4.78 is 16.3. The highest BCUT2D eigenvalue weighted by atomic mass is 79.9. The van der Waals surface area contributed by atoms with Crippen LogP contribution < -0.4 is 5.32 Å². The average Bonchev–Trinajstić information content (AvgIpc) is 3.17. The Kier molecular flexibility index (Phi) is 35.1. The van der Waals surface area contributed by atoms with E-state index in [-0.39, 0.29) is 17.1 Å². The fourth-order valence-electron chi connectivity index (χ4n) is 7.20. The summed E-state index contributed by atoms with van der Waals surface area (Å²) in [6.45, 7) is 38.5. The van der Waals surface area contributed by atoms with Crippen LogP contribution in [0.3, 0.4) is 0 Å². The first kappa shape index (κ1) is 59.4. The first-order valence-corrected chi connectivity index (χ1v) is 25.4. The van der Waals surface area contributed by atoms with Crippen molar-refractivity contribution < 1.29 is 9.18 Å². The first-order chi connectivity index (χ1) is 28.0. The van der Waals surface area contributed by atoms with E-state index in [9.17, 15) is 4.79 Å². The van der Waals surface area contributed by atoms with Crippen LogP contribution in [0.25, 0.3) is 5.70 Å². The van der Waals surface area contributed by atoms with Gasteiger partial charge in [0.25, 0.3) is 0 Å². The zero-order chi connectivity index (χ0) is 45.6. The maximum Gasteiger partial charge on any atom is 0.152 e. The molecule has 2 fully saturated rings. The second-order valence-electron chi connectivity index (χ2n) is 17.4. The Balaban J connectivity index is 0. The molecule has 3 unspecified atom stereocenters. The van der Waals surface area contributed by atoms with Gasteiger partial charge in [-0.1, -0.05) is 184 Å². The molecule has 59 heavy (non-hydrogen) atoms. The van der Waals surface area contributed by atoms with E-state index in [1.54, 1.807) is 5.57 Å². The lowest BCUT2D eigenvalue weighted by Crippen LogP contribution is -2.47. The molecule has 2 nitrogen and oxygen atoms in total. The van der Waals surface area contributed by atoms with Gasteiger partial charge in [-0.15, -0.1) is 0 Å². The summed E-state index contributed by atoms with van der Waals surface area (Å²) in [6.07, 6.45) is 25.7. The van der Waals surface area contributed by atoms with Gasteiger partial charge in [-0.25, -0.2) is 4.39 Å². The second kappa shape index (κ2) is 34.9. The monoisotopic (exact) mass is 906 g/mol. The van der Waals surface area contributed by atoms with Crippen molar-refractivity contribution in [3.05, 3.63) is 74.0 Å². The van der Waals surface area contributed by atoms with E-state index in [1.165, 1.54) is 120 Å². The smallest absolute Gasteiger partial charge is 0.152 e. The molecule has 3 rings (SSSR count). The number of unbranched alkanes of at least 4 members (excludes halogenated alkanes) is 1. The molecular formula is C54H94BrClFNO. The summed E-state index contributed by atoms with van der Waals surface area (Å²) in [6, 6.07) is 2.02. The Hall–Kier alpha value is -1.65. The normalized spacial score (nSPS) is 15.5. The third-order valence-corrected chi connectivity index (χ3v) is 13.4. The summed E-state index contributed by atoms with van der Waals surface area (Å²) in [5.74, 6) is 1.94. The van der Waals surface area contributed by atoms with E-state index in [4.69, 9.17) is 18.2 Å². The standard InChI is InChI=1S/C36H54BrClFN.C7H16.C4H6O.C4H10.C3H8/c1-8-14-29(25(6)27-16-12-17-27)35(31-23-32(38)33(37)34(39)30(31)15-9-2)40-36(21-10-3,22-20-24(5)11-4)26(7)28-18-13-19-28;1-4-6-7(3)5-2;1-3-4(2)5;1-3-4-2;1-3-2/h23-24,27,40H,6,8-22H2,1-5,7H3;7H,4-6H2,1-3H3;3H,1H2,2H3;3-4H2,1-2H3;3H2,1-2H3/b35-29+;;;;. The largest absolute Gasteiger partial charge is 0.375 e. The molecule has 2 aliphatic carbocycles. The van der Waals surface area contributed by atoms with Crippen molar-refractivity contribution in [3.63, 3.8) is 0 Å². The number of hydrogen-bond acceptors (Lipinski definition) is 2. The number of hydrogen-bond donors (Lipinski definition) is 1. The summed E-state index contributed by atoms with van der Waals surface area (Å²) in [5, 5.41) is 4.71. The van der Waals surface area contributed by atoms with Crippen LogP contribution >= 0.6 is 27.5 Å². The number of nitrogens with one attached hydrogen (secondary N) is 1. The molecule has 1 N–H and O–H groups in total. The predicted molar refractivity (Wildman–Crippen MR) is 269 cm³/mol. The molecule has 0 aromatic heterocycles. The highest BCUT2D eigenvalue weighted by molar-refractivity contribution is 9.10. The number of halogens is 3. The molecule has 0 amide bonds. The molecular weight excluding hydrogens is 813 g/mol. The number of carbonyl (C=O) groups excluding carboxylic acids is 1. The van der Waals surface area contributed by atoms with Crippen molar-refractivity contribution in [1.82, 2.24) is 5.32 Å². The maximum atomic E-state index is 16.0. The van der Waals surface area contributed by atoms with Gasteiger partial charge in [0.05, 0.1) is 15.0 Å². The van der Waals surface area contributed by atoms with Crippen LogP contribution in [0.1, 0.15) is 236 Å². The summed E-state index contributed by atoms with van der Waals surface area (Å²) in [5.41, 5.74) is 8.30. The number of rotatable bonds is 21. The molecule has 0 radical (unpaired) electrons. The summed E-state index contributed by atoms with van der Waals surface area (Å²) in [7, 11) is 0. The van der Waals surface area contributed by atoms with Crippen molar-refractivity contribution in [3.8, 4) is 0 Å². The van der Waals surface area contributed by atoms with Gasteiger partial charge in [-0.05, 0) is 146 Å². The average molecular weight is 908 g/mol. The van der Waals surface area contributed by atoms with Crippen LogP contribution in [0.4, 0.5) is 4.39 Å². The minimum absolute atomic E-state index is 0.0185. The molecule has 2 aliphatic rings. The molecule has 0 aliphatic heterocycles. The lowest BCUT2D eigenvalue weighted by molar-refractivity contribution is -0.112. The first-order valence-electron chi connectivity index (χ1n) is 24.2. The van der Waals surface area contributed by atoms with Gasteiger partial charge < -0.3 is 5.32 Å². The zero-order valence-electron chi connectivity index (χ0n) is 41.2. The van der Waals surface area contributed by atoms with Gasteiger partial charge in [0.1, 0.15) is 5.82 Å². The van der Waals surface area contributed by atoms with Crippen LogP contribution in [0.2, 0.25) is 5.02 Å². The molecule has 342 valence electrons. The zero-order valence-corrected chi connectivity index (χ0v) is 43.5. The van der Waals surface area contributed by atoms with E-state index in [1.807, 2.05) is 6.07 Å². The summed E-state index contributed by atoms with van der Waals surface area (Å²) in [4.78, 5) is 9.69. The predicted octanol–water partition coefficient (Wildman–Crippen LogP) is 19.3. The maximum absolute atomic E-state index is 16.0. The minimum Gasteiger partial charge on any atom is -0.375 e. The SMILES string of the molecule is C=C(/C(CCC)=C(/NC(CCC)(CCC(C)CC)C(C)=C1CCC1)c1cc(Cl)c(Br)c(F)c1CCC)C1CCC1.C=CC(C)=O.CCC.CCCC.CCCC(C)CC. The highest BCUT2D eigenvalue weighted by Crippen LogP contribution is 2.45. The Morgan fingerprint density at radius 3 is 1.78 bits per heavy atom. The third kappa shape index (κ3) is 21.8. The van der Waals surface area contributed by atoms with Crippen molar-refractivity contribution in [2.24, 2.45) is 17.8 Å². The fourth-order valence-corrected chi connectivity index (χ4v) is 7.75. The number of allylic oxidation sites excluding steroid dienone is 4. The van der Waals surface area contributed by atoms with E-state index in [0.29, 0.717) is 27.8 Å². The molecule has 1 aromatic carbocycles. The van der Waals surface area contributed by atoms with Gasteiger partial charge in [0, 0.05) is 11.3 Å². The van der Waals surface area contributed by atoms with Gasteiger partial charge in [0.15, 0.2) is 5.78 Å². The van der Waals surface area contributed by atoms with Gasteiger partial charge in [0.2, 0.25) is 0 Å². The third-order valence-electron chi connectivity index (χ3n) is 12.1. The Bertz CT molecular complexity index is 1380. The molecule has 0 saturated heterocycles. The van der Waals surface area contributed by atoms with E-state index in [0.717, 1.165) is 61.3 Å². The molecule has 2 saturated carbocycles. The van der Waals surface area contributed by atoms with Crippen molar-refractivity contribution in [1.29, 1.82) is 0 Å². The van der Waals surface area contributed by atoms with Crippen LogP contribution in [0.5, 0.6) is 0 Å². The minimum atomic E-state index is -0.219. The van der Waals surface area contributed by atoms with Crippen LogP contribution in [0.15, 0.2) is 52.1 Å². The lowest BCUT2D eigenvalue weighted by Gasteiger charge is -2.43. The van der Waals surface area contributed by atoms with E-state index in [2.05, 4.69) is 118 Å². The van der Waals surface area contributed by atoms with Crippen LogP contribution in [-0.4, -0.2) is 11.3 Å².